The quantitative estimate of drug-likeness (QED) is 0.742. The Bertz CT molecular complexity index is 262. The molecule has 0 aliphatic heterocycles. The molecule has 1 unspecified atom stereocenters. The van der Waals surface area contributed by atoms with Gasteiger partial charge < -0.3 is 4.74 Å². The molecule has 0 aliphatic rings. The molecule has 1 atom stereocenters. The van der Waals surface area contributed by atoms with Crippen LogP contribution >= 0.6 is 0 Å². The molecule has 2 nitrogen and oxygen atoms in total. The predicted octanol–water partition coefficient (Wildman–Crippen LogP) is 2.67. The first-order valence-corrected chi connectivity index (χ1v) is 4.99. The number of benzene rings is 1. The van der Waals surface area contributed by atoms with Gasteiger partial charge in [-0.1, -0.05) is 38.1 Å². The van der Waals surface area contributed by atoms with E-state index in [2.05, 4.69) is 43.4 Å². The molecule has 0 saturated heterocycles. The predicted molar refractivity (Wildman–Crippen MR) is 59.3 cm³/mol. The molecule has 14 heavy (non-hydrogen) atoms. The number of rotatable bonds is 4. The number of hydrogen-bond acceptors (Lipinski definition) is 2. The van der Waals surface area contributed by atoms with E-state index in [-0.39, 0.29) is 6.23 Å². The minimum atomic E-state index is -0.00351. The van der Waals surface area contributed by atoms with Crippen molar-refractivity contribution in [2.75, 3.05) is 14.2 Å². The molecule has 1 N–H and O–H groups in total. The van der Waals surface area contributed by atoms with Gasteiger partial charge in [-0.15, -0.1) is 0 Å². The van der Waals surface area contributed by atoms with Crippen molar-refractivity contribution in [1.82, 2.24) is 5.32 Å². The molecule has 0 heterocycles. The molecule has 1 rings (SSSR count). The fourth-order valence-electron chi connectivity index (χ4n) is 1.48. The lowest BCUT2D eigenvalue weighted by atomic mass is 10.0. The third-order valence-electron chi connectivity index (χ3n) is 2.40. The Morgan fingerprint density at radius 3 is 1.93 bits per heavy atom. The van der Waals surface area contributed by atoms with E-state index in [1.54, 1.807) is 7.11 Å². The minimum absolute atomic E-state index is 0.00351. The van der Waals surface area contributed by atoms with E-state index >= 15 is 0 Å². The third-order valence-corrected chi connectivity index (χ3v) is 2.40. The summed E-state index contributed by atoms with van der Waals surface area (Å²) in [6.45, 7) is 4.39. The fourth-order valence-corrected chi connectivity index (χ4v) is 1.48. The molecular weight excluding hydrogens is 174 g/mol. The van der Waals surface area contributed by atoms with Crippen molar-refractivity contribution in [2.45, 2.75) is 26.0 Å². The second kappa shape index (κ2) is 5.13. The van der Waals surface area contributed by atoms with Crippen molar-refractivity contribution in [3.8, 4) is 0 Å². The second-order valence-electron chi connectivity index (χ2n) is 3.73. The topological polar surface area (TPSA) is 21.3 Å². The summed E-state index contributed by atoms with van der Waals surface area (Å²) in [7, 11) is 3.60. The Morgan fingerprint density at radius 1 is 1.07 bits per heavy atom. The van der Waals surface area contributed by atoms with Crippen LogP contribution in [0.2, 0.25) is 0 Å². The van der Waals surface area contributed by atoms with Crippen LogP contribution in [0.5, 0.6) is 0 Å². The first-order chi connectivity index (χ1) is 6.69. The highest BCUT2D eigenvalue weighted by Crippen LogP contribution is 2.18. The van der Waals surface area contributed by atoms with Gasteiger partial charge in [0.05, 0.1) is 0 Å². The van der Waals surface area contributed by atoms with E-state index in [0.29, 0.717) is 5.92 Å². The minimum Gasteiger partial charge on any atom is -0.362 e. The molecule has 0 fully saturated rings. The first-order valence-electron chi connectivity index (χ1n) is 4.99. The SMILES string of the molecule is CNC(OC)c1ccc(C(C)C)cc1. The van der Waals surface area contributed by atoms with Gasteiger partial charge >= 0.3 is 0 Å². The van der Waals surface area contributed by atoms with Crippen LogP contribution in [0.25, 0.3) is 0 Å². The Labute approximate surface area is 86.3 Å². The molecule has 0 saturated carbocycles. The van der Waals surface area contributed by atoms with Gasteiger partial charge in [0.25, 0.3) is 0 Å². The summed E-state index contributed by atoms with van der Waals surface area (Å²) < 4.78 is 5.27. The van der Waals surface area contributed by atoms with Gasteiger partial charge in [0.15, 0.2) is 0 Å². The summed E-state index contributed by atoms with van der Waals surface area (Å²) >= 11 is 0. The van der Waals surface area contributed by atoms with Gasteiger partial charge in [-0.25, -0.2) is 0 Å². The summed E-state index contributed by atoms with van der Waals surface area (Å²) in [5.74, 6) is 0.583. The zero-order valence-electron chi connectivity index (χ0n) is 9.37. The normalized spacial score (nSPS) is 13.2. The molecule has 0 bridgehead atoms. The lowest BCUT2D eigenvalue weighted by molar-refractivity contribution is 0.0809. The summed E-state index contributed by atoms with van der Waals surface area (Å²) in [6.07, 6.45) is -0.00351. The molecule has 0 radical (unpaired) electrons. The van der Waals surface area contributed by atoms with Gasteiger partial charge in [0, 0.05) is 7.11 Å². The highest BCUT2D eigenvalue weighted by Gasteiger charge is 2.07. The third kappa shape index (κ3) is 2.56. The van der Waals surface area contributed by atoms with E-state index < -0.39 is 0 Å². The van der Waals surface area contributed by atoms with Crippen LogP contribution in [0.1, 0.15) is 37.1 Å². The molecule has 1 aromatic rings. The number of ether oxygens (including phenoxy) is 1. The van der Waals surface area contributed by atoms with Gasteiger partial charge in [0.2, 0.25) is 0 Å². The fraction of sp³-hybridized carbons (Fsp3) is 0.500. The van der Waals surface area contributed by atoms with Crippen molar-refractivity contribution >= 4 is 0 Å². The van der Waals surface area contributed by atoms with Crippen LogP contribution in [0.3, 0.4) is 0 Å². The smallest absolute Gasteiger partial charge is 0.133 e. The van der Waals surface area contributed by atoms with Gasteiger partial charge in [0.1, 0.15) is 6.23 Å². The summed E-state index contributed by atoms with van der Waals surface area (Å²) in [6, 6.07) is 8.53. The van der Waals surface area contributed by atoms with Crippen LogP contribution in [0.4, 0.5) is 0 Å². The Kier molecular flexibility index (Phi) is 4.11. The molecular formula is C12H19NO. The van der Waals surface area contributed by atoms with E-state index in [1.165, 1.54) is 11.1 Å². The van der Waals surface area contributed by atoms with Crippen molar-refractivity contribution in [2.24, 2.45) is 0 Å². The van der Waals surface area contributed by atoms with Crippen molar-refractivity contribution in [1.29, 1.82) is 0 Å². The van der Waals surface area contributed by atoms with Crippen molar-refractivity contribution in [3.05, 3.63) is 35.4 Å². The van der Waals surface area contributed by atoms with Crippen LogP contribution in [-0.2, 0) is 4.74 Å². The van der Waals surface area contributed by atoms with Gasteiger partial charge in [-0.3, -0.25) is 5.32 Å². The molecule has 0 aromatic heterocycles. The largest absolute Gasteiger partial charge is 0.362 e. The Balaban J connectivity index is 2.81. The summed E-state index contributed by atoms with van der Waals surface area (Å²) in [4.78, 5) is 0. The maximum Gasteiger partial charge on any atom is 0.133 e. The molecule has 2 heteroatoms. The number of hydrogen-bond donors (Lipinski definition) is 1. The maximum atomic E-state index is 5.27. The highest BCUT2D eigenvalue weighted by molar-refractivity contribution is 5.25. The molecule has 0 aliphatic carbocycles. The lowest BCUT2D eigenvalue weighted by Crippen LogP contribution is -2.17. The zero-order valence-corrected chi connectivity index (χ0v) is 9.37. The number of methoxy groups -OCH3 is 1. The standard InChI is InChI=1S/C12H19NO/c1-9(2)10-5-7-11(8-6-10)12(13-3)14-4/h5-9,12-13H,1-4H3. The second-order valence-corrected chi connectivity index (χ2v) is 3.73. The van der Waals surface area contributed by atoms with Crippen molar-refractivity contribution < 1.29 is 4.74 Å². The zero-order chi connectivity index (χ0) is 10.6. The average molecular weight is 193 g/mol. The average Bonchev–Trinajstić information content (AvgIpc) is 2.20. The Hall–Kier alpha value is -0.860. The maximum absolute atomic E-state index is 5.27. The molecule has 0 amide bonds. The molecule has 78 valence electrons. The van der Waals surface area contributed by atoms with Crippen LogP contribution in [-0.4, -0.2) is 14.2 Å². The van der Waals surface area contributed by atoms with Gasteiger partial charge in [-0.2, -0.15) is 0 Å². The number of nitrogens with one attached hydrogen (secondary N) is 1. The van der Waals surface area contributed by atoms with Crippen LogP contribution < -0.4 is 5.32 Å². The van der Waals surface area contributed by atoms with E-state index in [4.69, 9.17) is 4.74 Å². The van der Waals surface area contributed by atoms with Crippen molar-refractivity contribution in [3.63, 3.8) is 0 Å². The highest BCUT2D eigenvalue weighted by atomic mass is 16.5. The van der Waals surface area contributed by atoms with E-state index in [9.17, 15) is 0 Å². The Morgan fingerprint density at radius 2 is 1.57 bits per heavy atom. The monoisotopic (exact) mass is 193 g/mol. The summed E-state index contributed by atoms with van der Waals surface area (Å²) in [5, 5.41) is 3.09. The van der Waals surface area contributed by atoms with E-state index in [1.807, 2.05) is 7.05 Å². The first kappa shape index (κ1) is 11.2. The molecule has 0 spiro atoms. The molecule has 1 aromatic carbocycles. The summed E-state index contributed by atoms with van der Waals surface area (Å²) in [5.41, 5.74) is 2.53. The van der Waals surface area contributed by atoms with Gasteiger partial charge in [-0.05, 0) is 24.1 Å². The van der Waals surface area contributed by atoms with Crippen LogP contribution in [0.15, 0.2) is 24.3 Å². The van der Waals surface area contributed by atoms with E-state index in [0.717, 1.165) is 0 Å². The lowest BCUT2D eigenvalue weighted by Gasteiger charge is -2.15. The van der Waals surface area contributed by atoms with Crippen LogP contribution in [0, 0.1) is 0 Å².